The monoisotopic (exact) mass is 340 g/mol. The molecular formula is C15H16N8O2. The summed E-state index contributed by atoms with van der Waals surface area (Å²) in [6, 6.07) is 1.99. The number of anilines is 1. The number of aromatic nitrogens is 7. The summed E-state index contributed by atoms with van der Waals surface area (Å²) in [5.74, 6) is 0.350. The van der Waals surface area contributed by atoms with Crippen molar-refractivity contribution in [2.45, 2.75) is 25.4 Å². The van der Waals surface area contributed by atoms with Crippen molar-refractivity contribution in [3.8, 4) is 5.82 Å². The van der Waals surface area contributed by atoms with Crippen molar-refractivity contribution in [2.75, 3.05) is 11.4 Å². The van der Waals surface area contributed by atoms with Crippen molar-refractivity contribution in [2.24, 2.45) is 0 Å². The molecule has 3 aromatic rings. The molecule has 0 radical (unpaired) electrons. The molecule has 1 fully saturated rings. The lowest BCUT2D eigenvalue weighted by molar-refractivity contribution is 0.0690. The van der Waals surface area contributed by atoms with E-state index in [-0.39, 0.29) is 11.7 Å². The molecule has 0 bridgehead atoms. The fraction of sp³-hybridized carbons (Fsp3) is 0.333. The number of carboxylic acids is 1. The fourth-order valence-corrected chi connectivity index (χ4v) is 3.03. The van der Waals surface area contributed by atoms with Gasteiger partial charge in [0.05, 0.1) is 31.2 Å². The molecule has 0 saturated carbocycles. The summed E-state index contributed by atoms with van der Waals surface area (Å²) >= 11 is 0. The van der Waals surface area contributed by atoms with E-state index in [4.69, 9.17) is 5.11 Å². The summed E-state index contributed by atoms with van der Waals surface area (Å²) in [5, 5.41) is 20.7. The van der Waals surface area contributed by atoms with Crippen LogP contribution < -0.4 is 4.90 Å². The van der Waals surface area contributed by atoms with E-state index in [9.17, 15) is 4.79 Å². The van der Waals surface area contributed by atoms with Gasteiger partial charge in [-0.05, 0) is 18.9 Å². The van der Waals surface area contributed by atoms with Crippen LogP contribution in [-0.2, 0) is 6.54 Å². The molecule has 0 amide bonds. The van der Waals surface area contributed by atoms with Crippen molar-refractivity contribution in [3.05, 3.63) is 42.7 Å². The zero-order valence-electron chi connectivity index (χ0n) is 13.3. The molecule has 4 heterocycles. The summed E-state index contributed by atoms with van der Waals surface area (Å²) < 4.78 is 3.23. The number of hydrogen-bond acceptors (Lipinski definition) is 7. The van der Waals surface area contributed by atoms with E-state index in [1.165, 1.54) is 6.20 Å². The molecule has 4 rings (SSSR count). The Kier molecular flexibility index (Phi) is 3.84. The van der Waals surface area contributed by atoms with Gasteiger partial charge in [0.1, 0.15) is 5.82 Å². The first-order chi connectivity index (χ1) is 12.2. The van der Waals surface area contributed by atoms with Crippen molar-refractivity contribution in [1.29, 1.82) is 0 Å². The maximum atomic E-state index is 10.9. The third-order valence-corrected chi connectivity index (χ3v) is 4.18. The Morgan fingerprint density at radius 3 is 2.96 bits per heavy atom. The topological polar surface area (TPSA) is 115 Å². The van der Waals surface area contributed by atoms with Gasteiger partial charge in [-0.1, -0.05) is 5.21 Å². The van der Waals surface area contributed by atoms with E-state index in [1.807, 2.05) is 12.3 Å². The zero-order chi connectivity index (χ0) is 17.2. The van der Waals surface area contributed by atoms with E-state index in [0.29, 0.717) is 12.4 Å². The molecule has 10 heteroatoms. The highest BCUT2D eigenvalue weighted by Crippen LogP contribution is 2.25. The first-order valence-electron chi connectivity index (χ1n) is 7.93. The van der Waals surface area contributed by atoms with Crippen molar-refractivity contribution < 1.29 is 9.90 Å². The highest BCUT2D eigenvalue weighted by atomic mass is 16.4. The smallest absolute Gasteiger partial charge is 0.358 e. The zero-order valence-corrected chi connectivity index (χ0v) is 13.3. The minimum atomic E-state index is -1.08. The third kappa shape index (κ3) is 3.05. The summed E-state index contributed by atoms with van der Waals surface area (Å²) in [6.07, 6.45) is 10.3. The lowest BCUT2D eigenvalue weighted by Gasteiger charge is -2.25. The molecule has 1 unspecified atom stereocenters. The van der Waals surface area contributed by atoms with Crippen LogP contribution in [-0.4, -0.2) is 58.4 Å². The van der Waals surface area contributed by atoms with Gasteiger partial charge in [0.15, 0.2) is 11.5 Å². The highest BCUT2D eigenvalue weighted by Gasteiger charge is 2.27. The molecule has 1 N–H and O–H groups in total. The summed E-state index contributed by atoms with van der Waals surface area (Å²) in [6.45, 7) is 1.41. The second kappa shape index (κ2) is 6.30. The van der Waals surface area contributed by atoms with Gasteiger partial charge in [-0.25, -0.2) is 19.1 Å². The molecule has 1 atom stereocenters. The summed E-state index contributed by atoms with van der Waals surface area (Å²) in [4.78, 5) is 22.0. The normalized spacial score (nSPS) is 17.1. The largest absolute Gasteiger partial charge is 0.476 e. The number of aromatic carboxylic acids is 1. The van der Waals surface area contributed by atoms with E-state index in [0.717, 1.165) is 25.2 Å². The molecule has 25 heavy (non-hydrogen) atoms. The maximum absolute atomic E-state index is 10.9. The van der Waals surface area contributed by atoms with Crippen LogP contribution in [0.4, 0.5) is 5.82 Å². The Morgan fingerprint density at radius 1 is 1.32 bits per heavy atom. The minimum Gasteiger partial charge on any atom is -0.476 e. The van der Waals surface area contributed by atoms with Gasteiger partial charge in [0, 0.05) is 18.9 Å². The minimum absolute atomic E-state index is 0.0509. The van der Waals surface area contributed by atoms with Crippen molar-refractivity contribution >= 4 is 11.8 Å². The number of nitrogens with zero attached hydrogens (tertiary/aromatic N) is 8. The lowest BCUT2D eigenvalue weighted by Crippen LogP contribution is -2.34. The number of carboxylic acid groups (broad SMARTS) is 1. The van der Waals surface area contributed by atoms with Crippen LogP contribution in [0.3, 0.4) is 0 Å². The molecule has 0 spiro atoms. The van der Waals surface area contributed by atoms with Crippen LogP contribution >= 0.6 is 0 Å². The molecule has 128 valence electrons. The number of carbonyl (C=O) groups is 1. The Balaban J connectivity index is 1.55. The average molecular weight is 340 g/mol. The van der Waals surface area contributed by atoms with Gasteiger partial charge >= 0.3 is 5.97 Å². The van der Waals surface area contributed by atoms with Crippen LogP contribution in [0.2, 0.25) is 0 Å². The highest BCUT2D eigenvalue weighted by molar-refractivity contribution is 5.84. The van der Waals surface area contributed by atoms with E-state index in [2.05, 4.69) is 30.3 Å². The lowest BCUT2D eigenvalue weighted by atomic mass is 10.2. The van der Waals surface area contributed by atoms with Gasteiger partial charge in [0.25, 0.3) is 0 Å². The van der Waals surface area contributed by atoms with E-state index >= 15 is 0 Å². The Labute approximate surface area is 142 Å². The van der Waals surface area contributed by atoms with E-state index in [1.54, 1.807) is 28.0 Å². The van der Waals surface area contributed by atoms with Crippen LogP contribution in [0.5, 0.6) is 0 Å². The number of hydrogen-bond donors (Lipinski definition) is 1. The van der Waals surface area contributed by atoms with Crippen LogP contribution in [0.15, 0.2) is 37.1 Å². The Bertz CT molecular complexity index is 875. The summed E-state index contributed by atoms with van der Waals surface area (Å²) in [7, 11) is 0. The second-order valence-electron chi connectivity index (χ2n) is 5.81. The average Bonchev–Trinajstić information content (AvgIpc) is 3.37. The molecule has 0 aliphatic carbocycles. The fourth-order valence-electron chi connectivity index (χ4n) is 3.03. The molecule has 10 nitrogen and oxygen atoms in total. The first-order valence-corrected chi connectivity index (χ1v) is 7.93. The van der Waals surface area contributed by atoms with Crippen LogP contribution in [0.1, 0.15) is 23.3 Å². The quantitative estimate of drug-likeness (QED) is 0.719. The van der Waals surface area contributed by atoms with Crippen LogP contribution in [0, 0.1) is 0 Å². The summed E-state index contributed by atoms with van der Waals surface area (Å²) in [5.41, 5.74) is -0.0509. The van der Waals surface area contributed by atoms with Gasteiger partial charge in [-0.2, -0.15) is 5.10 Å². The van der Waals surface area contributed by atoms with Crippen LogP contribution in [0.25, 0.3) is 5.82 Å². The van der Waals surface area contributed by atoms with Gasteiger partial charge in [0.2, 0.25) is 0 Å². The van der Waals surface area contributed by atoms with Crippen molar-refractivity contribution in [1.82, 2.24) is 34.7 Å². The molecule has 1 aliphatic rings. The SMILES string of the molecule is O=C(O)c1cn(CC2CCCN2c2cncc(-n3cccn3)n2)nn1. The molecule has 1 aliphatic heterocycles. The molecule has 3 aromatic heterocycles. The third-order valence-electron chi connectivity index (χ3n) is 4.18. The van der Waals surface area contributed by atoms with Gasteiger partial charge < -0.3 is 10.0 Å². The predicted molar refractivity (Wildman–Crippen MR) is 86.5 cm³/mol. The Hall–Kier alpha value is -3.30. The first kappa shape index (κ1) is 15.2. The predicted octanol–water partition coefficient (Wildman–Crippen LogP) is 0.621. The van der Waals surface area contributed by atoms with Gasteiger partial charge in [-0.15, -0.1) is 5.10 Å². The molecular weight excluding hydrogens is 324 g/mol. The second-order valence-corrected chi connectivity index (χ2v) is 5.81. The standard InChI is InChI=1S/C15H16N8O2/c24-15(25)12-10-21(20-19-12)9-11-3-1-5-22(11)13-7-16-8-14(18-13)23-6-2-4-17-23/h2,4,6-8,10-11H,1,3,5,9H2,(H,24,25). The van der Waals surface area contributed by atoms with E-state index < -0.39 is 5.97 Å². The number of rotatable bonds is 5. The molecule has 0 aromatic carbocycles. The van der Waals surface area contributed by atoms with Gasteiger partial charge in [-0.3, -0.25) is 4.98 Å². The Morgan fingerprint density at radius 2 is 2.20 bits per heavy atom. The maximum Gasteiger partial charge on any atom is 0.358 e. The molecule has 1 saturated heterocycles. The van der Waals surface area contributed by atoms with Crippen molar-refractivity contribution in [3.63, 3.8) is 0 Å².